The molecule has 1 fully saturated rings. The maximum absolute atomic E-state index is 11.4. The molecule has 0 aliphatic carbocycles. The molecule has 0 radical (unpaired) electrons. The maximum atomic E-state index is 11.4. The van der Waals surface area contributed by atoms with Crippen molar-refractivity contribution in [3.63, 3.8) is 0 Å². The molecule has 18 heavy (non-hydrogen) atoms. The van der Waals surface area contributed by atoms with Gasteiger partial charge in [-0.05, 0) is 18.1 Å². The van der Waals surface area contributed by atoms with Crippen LogP contribution in [0.25, 0.3) is 0 Å². The number of hydrogen-bond donors (Lipinski definition) is 1. The van der Waals surface area contributed by atoms with Gasteiger partial charge in [0.05, 0.1) is 7.11 Å². The van der Waals surface area contributed by atoms with Crippen molar-refractivity contribution in [2.24, 2.45) is 0 Å². The fourth-order valence-corrected chi connectivity index (χ4v) is 2.21. The van der Waals surface area contributed by atoms with Crippen LogP contribution in [0.5, 0.6) is 5.75 Å². The van der Waals surface area contributed by atoms with Gasteiger partial charge in [-0.25, -0.2) is 0 Å². The molecule has 1 aliphatic heterocycles. The molecule has 1 aliphatic rings. The standard InChI is InChI=1S/C14H19NO3/c1-3-10-6-4-5-7-13(10)18-11-8-12(15-9-11)14(16)17-2/h4-7,11-12,15H,3,8-9H2,1-2H3/t11-,12+/m1/s1. The van der Waals surface area contributed by atoms with Crippen molar-refractivity contribution in [3.8, 4) is 5.75 Å². The molecular formula is C14H19NO3. The van der Waals surface area contributed by atoms with E-state index in [-0.39, 0.29) is 18.1 Å². The first-order valence-electron chi connectivity index (χ1n) is 6.30. The van der Waals surface area contributed by atoms with Crippen molar-refractivity contribution in [2.45, 2.75) is 31.9 Å². The predicted molar refractivity (Wildman–Crippen MR) is 68.7 cm³/mol. The number of para-hydroxylation sites is 1. The normalized spacial score (nSPS) is 22.8. The Morgan fingerprint density at radius 2 is 2.22 bits per heavy atom. The summed E-state index contributed by atoms with van der Waals surface area (Å²) in [5.74, 6) is 0.696. The largest absolute Gasteiger partial charge is 0.489 e. The molecule has 1 saturated heterocycles. The Balaban J connectivity index is 1.97. The first-order valence-corrected chi connectivity index (χ1v) is 6.30. The summed E-state index contributed by atoms with van der Waals surface area (Å²) in [4.78, 5) is 11.4. The molecule has 0 saturated carbocycles. The summed E-state index contributed by atoms with van der Waals surface area (Å²) >= 11 is 0. The highest BCUT2D eigenvalue weighted by Gasteiger charge is 2.31. The number of hydrogen-bond acceptors (Lipinski definition) is 4. The van der Waals surface area contributed by atoms with Crippen molar-refractivity contribution in [2.75, 3.05) is 13.7 Å². The molecule has 0 spiro atoms. The van der Waals surface area contributed by atoms with Crippen LogP contribution in [0, 0.1) is 0 Å². The number of rotatable bonds is 4. The summed E-state index contributed by atoms with van der Waals surface area (Å²) in [6.45, 7) is 2.78. The average Bonchev–Trinajstić information content (AvgIpc) is 2.87. The Kier molecular flexibility index (Phi) is 4.20. The van der Waals surface area contributed by atoms with E-state index >= 15 is 0 Å². The van der Waals surface area contributed by atoms with Gasteiger partial charge in [0, 0.05) is 13.0 Å². The van der Waals surface area contributed by atoms with Gasteiger partial charge in [0.1, 0.15) is 17.9 Å². The smallest absolute Gasteiger partial charge is 0.323 e. The molecule has 98 valence electrons. The third kappa shape index (κ3) is 2.82. The van der Waals surface area contributed by atoms with Gasteiger partial charge >= 0.3 is 5.97 Å². The molecule has 4 nitrogen and oxygen atoms in total. The summed E-state index contributed by atoms with van der Waals surface area (Å²) in [6.07, 6.45) is 1.63. The van der Waals surface area contributed by atoms with Gasteiger partial charge in [-0.2, -0.15) is 0 Å². The molecule has 0 aromatic heterocycles. The lowest BCUT2D eigenvalue weighted by Gasteiger charge is -2.15. The van der Waals surface area contributed by atoms with Crippen LogP contribution < -0.4 is 10.1 Å². The first kappa shape index (κ1) is 12.9. The average molecular weight is 249 g/mol. The Bertz CT molecular complexity index is 419. The minimum Gasteiger partial charge on any atom is -0.489 e. The highest BCUT2D eigenvalue weighted by molar-refractivity contribution is 5.76. The number of carbonyl (C=O) groups is 1. The second-order valence-corrected chi connectivity index (χ2v) is 4.42. The van der Waals surface area contributed by atoms with Gasteiger partial charge in [-0.15, -0.1) is 0 Å². The van der Waals surface area contributed by atoms with E-state index in [1.807, 2.05) is 18.2 Å². The zero-order valence-electron chi connectivity index (χ0n) is 10.8. The summed E-state index contributed by atoms with van der Waals surface area (Å²) in [6, 6.07) is 7.78. The lowest BCUT2D eigenvalue weighted by molar-refractivity contribution is -0.142. The number of benzene rings is 1. The summed E-state index contributed by atoms with van der Waals surface area (Å²) in [5, 5.41) is 3.12. The Morgan fingerprint density at radius 1 is 1.44 bits per heavy atom. The Labute approximate surface area is 107 Å². The summed E-state index contributed by atoms with van der Waals surface area (Å²) < 4.78 is 10.7. The molecule has 0 amide bonds. The summed E-state index contributed by atoms with van der Waals surface area (Å²) in [5.41, 5.74) is 1.19. The second kappa shape index (κ2) is 5.87. The van der Waals surface area contributed by atoms with E-state index in [0.29, 0.717) is 13.0 Å². The fraction of sp³-hybridized carbons (Fsp3) is 0.500. The van der Waals surface area contributed by atoms with E-state index in [1.165, 1.54) is 12.7 Å². The summed E-state index contributed by atoms with van der Waals surface area (Å²) in [7, 11) is 1.41. The molecule has 1 N–H and O–H groups in total. The Hall–Kier alpha value is -1.55. The number of esters is 1. The molecule has 2 atom stereocenters. The number of aryl methyl sites for hydroxylation is 1. The molecule has 4 heteroatoms. The van der Waals surface area contributed by atoms with Gasteiger partial charge < -0.3 is 14.8 Å². The van der Waals surface area contributed by atoms with Gasteiger partial charge in [-0.3, -0.25) is 4.79 Å². The number of carbonyl (C=O) groups excluding carboxylic acids is 1. The lowest BCUT2D eigenvalue weighted by Crippen LogP contribution is -2.31. The zero-order valence-corrected chi connectivity index (χ0v) is 10.8. The van der Waals surface area contributed by atoms with Crippen molar-refractivity contribution >= 4 is 5.97 Å². The van der Waals surface area contributed by atoms with Crippen LogP contribution in [0.15, 0.2) is 24.3 Å². The molecule has 2 rings (SSSR count). The van der Waals surface area contributed by atoms with E-state index in [4.69, 9.17) is 9.47 Å². The highest BCUT2D eigenvalue weighted by Crippen LogP contribution is 2.22. The second-order valence-electron chi connectivity index (χ2n) is 4.42. The van der Waals surface area contributed by atoms with Crippen LogP contribution in [0.1, 0.15) is 18.9 Å². The van der Waals surface area contributed by atoms with E-state index in [2.05, 4.69) is 18.3 Å². The van der Waals surface area contributed by atoms with Gasteiger partial charge in [-0.1, -0.05) is 25.1 Å². The van der Waals surface area contributed by atoms with Gasteiger partial charge in [0.15, 0.2) is 0 Å². The number of nitrogens with one attached hydrogen (secondary N) is 1. The van der Waals surface area contributed by atoms with E-state index in [9.17, 15) is 4.79 Å². The van der Waals surface area contributed by atoms with Crippen LogP contribution in [-0.4, -0.2) is 31.8 Å². The molecule has 1 aromatic rings. The fourth-order valence-electron chi connectivity index (χ4n) is 2.21. The van der Waals surface area contributed by atoms with Gasteiger partial charge in [0.2, 0.25) is 0 Å². The van der Waals surface area contributed by atoms with Crippen LogP contribution >= 0.6 is 0 Å². The highest BCUT2D eigenvalue weighted by atomic mass is 16.5. The van der Waals surface area contributed by atoms with Crippen molar-refractivity contribution in [3.05, 3.63) is 29.8 Å². The van der Waals surface area contributed by atoms with Crippen LogP contribution in [0.3, 0.4) is 0 Å². The molecule has 1 aromatic carbocycles. The third-order valence-electron chi connectivity index (χ3n) is 3.22. The Morgan fingerprint density at radius 3 is 2.94 bits per heavy atom. The van der Waals surface area contributed by atoms with Gasteiger partial charge in [0.25, 0.3) is 0 Å². The predicted octanol–water partition coefficient (Wildman–Crippen LogP) is 1.53. The lowest BCUT2D eigenvalue weighted by atomic mass is 10.1. The topological polar surface area (TPSA) is 47.6 Å². The quantitative estimate of drug-likeness (QED) is 0.822. The van der Waals surface area contributed by atoms with Crippen molar-refractivity contribution in [1.29, 1.82) is 0 Å². The number of ether oxygens (including phenoxy) is 2. The molecule has 1 heterocycles. The maximum Gasteiger partial charge on any atom is 0.323 e. The SMILES string of the molecule is CCc1ccccc1O[C@H]1CN[C@H](C(=O)OC)C1. The van der Waals surface area contributed by atoms with Crippen LogP contribution in [-0.2, 0) is 16.0 Å². The monoisotopic (exact) mass is 249 g/mol. The number of methoxy groups -OCH3 is 1. The first-order chi connectivity index (χ1) is 8.74. The zero-order chi connectivity index (χ0) is 13.0. The molecular weight excluding hydrogens is 230 g/mol. The van der Waals surface area contributed by atoms with Crippen LogP contribution in [0.2, 0.25) is 0 Å². The third-order valence-corrected chi connectivity index (χ3v) is 3.22. The minimum absolute atomic E-state index is 0.0294. The molecule has 0 bridgehead atoms. The van der Waals surface area contributed by atoms with E-state index < -0.39 is 0 Å². The van der Waals surface area contributed by atoms with E-state index in [1.54, 1.807) is 0 Å². The molecule has 0 unspecified atom stereocenters. The minimum atomic E-state index is -0.242. The van der Waals surface area contributed by atoms with E-state index in [0.717, 1.165) is 12.2 Å². The van der Waals surface area contributed by atoms with Crippen LogP contribution in [0.4, 0.5) is 0 Å². The van der Waals surface area contributed by atoms with Crippen molar-refractivity contribution in [1.82, 2.24) is 5.32 Å². The van der Waals surface area contributed by atoms with Crippen molar-refractivity contribution < 1.29 is 14.3 Å².